The average molecular weight is 326 g/mol. The maximum absolute atomic E-state index is 12.1. The van der Waals surface area contributed by atoms with Crippen molar-refractivity contribution in [3.8, 4) is 0 Å². The minimum absolute atomic E-state index is 0.0320. The lowest BCUT2D eigenvalue weighted by Gasteiger charge is -2.19. The lowest BCUT2D eigenvalue weighted by molar-refractivity contribution is -0.140. The van der Waals surface area contributed by atoms with E-state index in [0.29, 0.717) is 16.3 Å². The van der Waals surface area contributed by atoms with Crippen molar-refractivity contribution < 1.29 is 18.3 Å². The summed E-state index contributed by atoms with van der Waals surface area (Å²) in [6, 6.07) is 0.293. The number of hydrogen-bond acceptors (Lipinski definition) is 4. The van der Waals surface area contributed by atoms with Gasteiger partial charge in [0, 0.05) is 0 Å². The van der Waals surface area contributed by atoms with Crippen LogP contribution in [0.4, 0.5) is 0 Å². The van der Waals surface area contributed by atoms with Gasteiger partial charge in [0.05, 0.1) is 4.34 Å². The SMILES string of the molecule is CCC(C)C(NS(=O)(=O)c1cc(C)c(Cl)s1)C(=O)O. The molecule has 0 radical (unpaired) electrons. The average Bonchev–Trinajstić information content (AvgIpc) is 2.66. The monoisotopic (exact) mass is 325 g/mol. The molecule has 0 saturated heterocycles. The minimum Gasteiger partial charge on any atom is -0.480 e. The van der Waals surface area contributed by atoms with E-state index in [1.54, 1.807) is 20.8 Å². The fourth-order valence-corrected chi connectivity index (χ4v) is 4.46. The van der Waals surface area contributed by atoms with E-state index in [-0.39, 0.29) is 10.1 Å². The zero-order valence-corrected chi connectivity index (χ0v) is 13.2. The molecule has 108 valence electrons. The first-order chi connectivity index (χ1) is 8.69. The summed E-state index contributed by atoms with van der Waals surface area (Å²) >= 11 is 6.75. The topological polar surface area (TPSA) is 83.5 Å². The van der Waals surface area contributed by atoms with Crippen LogP contribution >= 0.6 is 22.9 Å². The Morgan fingerprint density at radius 2 is 2.16 bits per heavy atom. The van der Waals surface area contributed by atoms with Gasteiger partial charge >= 0.3 is 5.97 Å². The highest BCUT2D eigenvalue weighted by Gasteiger charge is 2.30. The number of hydrogen-bond donors (Lipinski definition) is 2. The quantitative estimate of drug-likeness (QED) is 0.841. The second-order valence-electron chi connectivity index (χ2n) is 4.34. The van der Waals surface area contributed by atoms with Crippen molar-refractivity contribution in [2.24, 2.45) is 5.92 Å². The van der Waals surface area contributed by atoms with E-state index in [4.69, 9.17) is 16.7 Å². The van der Waals surface area contributed by atoms with Crippen LogP contribution in [0.3, 0.4) is 0 Å². The molecule has 0 amide bonds. The molecule has 1 heterocycles. The molecule has 0 saturated carbocycles. The van der Waals surface area contributed by atoms with Gasteiger partial charge in [-0.15, -0.1) is 11.3 Å². The molecule has 2 atom stereocenters. The van der Waals surface area contributed by atoms with Crippen molar-refractivity contribution in [3.05, 3.63) is 16.0 Å². The fraction of sp³-hybridized carbons (Fsp3) is 0.545. The molecular weight excluding hydrogens is 310 g/mol. The van der Waals surface area contributed by atoms with Crippen LogP contribution < -0.4 is 4.72 Å². The van der Waals surface area contributed by atoms with Crippen LogP contribution in [0.15, 0.2) is 10.3 Å². The fourth-order valence-electron chi connectivity index (χ4n) is 1.44. The van der Waals surface area contributed by atoms with Crippen LogP contribution in [-0.2, 0) is 14.8 Å². The molecule has 0 aliphatic rings. The number of carboxylic acids is 1. The first-order valence-corrected chi connectivity index (χ1v) is 8.37. The molecule has 0 aliphatic carbocycles. The Kier molecular flexibility index (Phi) is 5.37. The highest BCUT2D eigenvalue weighted by Crippen LogP contribution is 2.30. The molecule has 2 unspecified atom stereocenters. The normalized spacial score (nSPS) is 15.2. The summed E-state index contributed by atoms with van der Waals surface area (Å²) < 4.78 is 26.9. The molecular formula is C11H16ClNO4S2. The van der Waals surface area contributed by atoms with Crippen LogP contribution in [0.5, 0.6) is 0 Å². The maximum atomic E-state index is 12.1. The number of halogens is 1. The van der Waals surface area contributed by atoms with Crippen molar-refractivity contribution in [2.75, 3.05) is 0 Å². The van der Waals surface area contributed by atoms with Crippen LogP contribution in [-0.4, -0.2) is 25.5 Å². The van der Waals surface area contributed by atoms with E-state index in [1.165, 1.54) is 6.07 Å². The number of nitrogens with one attached hydrogen (secondary N) is 1. The van der Waals surface area contributed by atoms with E-state index >= 15 is 0 Å². The molecule has 0 aliphatic heterocycles. The van der Waals surface area contributed by atoms with Crippen molar-refractivity contribution in [3.63, 3.8) is 0 Å². The lowest BCUT2D eigenvalue weighted by atomic mass is 10.0. The van der Waals surface area contributed by atoms with Gasteiger partial charge in [-0.25, -0.2) is 8.42 Å². The van der Waals surface area contributed by atoms with Gasteiger partial charge in [-0.3, -0.25) is 4.79 Å². The van der Waals surface area contributed by atoms with Gasteiger partial charge in [0.25, 0.3) is 10.0 Å². The predicted molar refractivity (Wildman–Crippen MR) is 75.3 cm³/mol. The number of aryl methyl sites for hydroxylation is 1. The summed E-state index contributed by atoms with van der Waals surface area (Å²) in [5, 5.41) is 9.10. The standard InChI is InChI=1S/C11H16ClNO4S2/c1-4-6(2)9(11(14)15)13-19(16,17)8-5-7(3)10(12)18-8/h5-6,9,13H,4H2,1-3H3,(H,14,15). The van der Waals surface area contributed by atoms with E-state index in [1.807, 2.05) is 0 Å². The largest absolute Gasteiger partial charge is 0.480 e. The molecule has 8 heteroatoms. The molecule has 0 bridgehead atoms. The van der Waals surface area contributed by atoms with Crippen molar-refractivity contribution in [1.82, 2.24) is 4.72 Å². The Balaban J connectivity index is 3.04. The number of aliphatic carboxylic acids is 1. The lowest BCUT2D eigenvalue weighted by Crippen LogP contribution is -2.44. The Morgan fingerprint density at radius 1 is 1.58 bits per heavy atom. The van der Waals surface area contributed by atoms with E-state index < -0.39 is 22.0 Å². The molecule has 5 nitrogen and oxygen atoms in total. The second-order valence-corrected chi connectivity index (χ2v) is 7.94. The zero-order valence-electron chi connectivity index (χ0n) is 10.8. The van der Waals surface area contributed by atoms with Crippen LogP contribution in [0.1, 0.15) is 25.8 Å². The Hall–Kier alpha value is -0.630. The third-order valence-corrected chi connectivity index (χ3v) is 6.33. The summed E-state index contributed by atoms with van der Waals surface area (Å²) in [4.78, 5) is 11.1. The first kappa shape index (κ1) is 16.4. The van der Waals surface area contributed by atoms with Crippen LogP contribution in [0.2, 0.25) is 4.34 Å². The Bertz CT molecular complexity index is 548. The molecule has 0 fully saturated rings. The predicted octanol–water partition coefficient (Wildman–Crippen LogP) is 2.49. The third-order valence-electron chi connectivity index (χ3n) is 2.86. The van der Waals surface area contributed by atoms with Crippen molar-refractivity contribution >= 4 is 38.9 Å². The number of thiophene rings is 1. The highest BCUT2D eigenvalue weighted by atomic mass is 35.5. The number of carboxylic acid groups (broad SMARTS) is 1. The third kappa shape index (κ3) is 3.92. The Labute approximate surface area is 121 Å². The van der Waals surface area contributed by atoms with Gasteiger partial charge in [0.2, 0.25) is 0 Å². The molecule has 19 heavy (non-hydrogen) atoms. The number of rotatable bonds is 6. The number of sulfonamides is 1. The van der Waals surface area contributed by atoms with Gasteiger partial charge in [0.15, 0.2) is 0 Å². The second kappa shape index (κ2) is 6.21. The van der Waals surface area contributed by atoms with E-state index in [0.717, 1.165) is 11.3 Å². The summed E-state index contributed by atoms with van der Waals surface area (Å²) in [6.07, 6.45) is 0.559. The van der Waals surface area contributed by atoms with E-state index in [2.05, 4.69) is 4.72 Å². The van der Waals surface area contributed by atoms with Crippen LogP contribution in [0.25, 0.3) is 0 Å². The summed E-state index contributed by atoms with van der Waals surface area (Å²) in [7, 11) is -3.86. The minimum atomic E-state index is -3.86. The van der Waals surface area contributed by atoms with Crippen molar-refractivity contribution in [2.45, 2.75) is 37.4 Å². The van der Waals surface area contributed by atoms with Gasteiger partial charge in [0.1, 0.15) is 10.3 Å². The number of carbonyl (C=O) groups is 1. The van der Waals surface area contributed by atoms with Gasteiger partial charge in [-0.05, 0) is 24.5 Å². The van der Waals surface area contributed by atoms with E-state index in [9.17, 15) is 13.2 Å². The summed E-state index contributed by atoms with van der Waals surface area (Å²) in [5.41, 5.74) is 0.655. The Morgan fingerprint density at radius 3 is 2.53 bits per heavy atom. The smallest absolute Gasteiger partial charge is 0.322 e. The first-order valence-electron chi connectivity index (χ1n) is 5.70. The summed E-state index contributed by atoms with van der Waals surface area (Å²) in [5.74, 6) is -1.49. The van der Waals surface area contributed by atoms with Crippen LogP contribution in [0, 0.1) is 12.8 Å². The molecule has 0 spiro atoms. The van der Waals surface area contributed by atoms with Gasteiger partial charge in [-0.1, -0.05) is 31.9 Å². The highest BCUT2D eigenvalue weighted by molar-refractivity contribution is 7.91. The van der Waals surface area contributed by atoms with Crippen molar-refractivity contribution in [1.29, 1.82) is 0 Å². The van der Waals surface area contributed by atoms with Gasteiger partial charge < -0.3 is 5.11 Å². The maximum Gasteiger partial charge on any atom is 0.322 e. The molecule has 0 aromatic carbocycles. The summed E-state index contributed by atoms with van der Waals surface area (Å²) in [6.45, 7) is 5.19. The zero-order chi connectivity index (χ0) is 14.8. The molecule has 2 N–H and O–H groups in total. The molecule has 1 aromatic rings. The van der Waals surface area contributed by atoms with Gasteiger partial charge in [-0.2, -0.15) is 4.72 Å². The molecule has 1 rings (SSSR count). The molecule has 1 aromatic heterocycles.